The molecule has 0 bridgehead atoms. The molecule has 1 aromatic carbocycles. The van der Waals surface area contributed by atoms with E-state index in [2.05, 4.69) is 10.3 Å². The Morgan fingerprint density at radius 2 is 2.04 bits per heavy atom. The number of nitrogens with one attached hydrogen (secondary N) is 2. The van der Waals surface area contributed by atoms with Crippen molar-refractivity contribution in [2.75, 3.05) is 19.6 Å². The molecule has 4 rings (SSSR count). The maximum absolute atomic E-state index is 13.7. The second-order valence-corrected chi connectivity index (χ2v) is 6.20. The molecule has 2 saturated heterocycles. The van der Waals surface area contributed by atoms with Crippen molar-refractivity contribution in [1.29, 1.82) is 0 Å². The van der Waals surface area contributed by atoms with Crippen LogP contribution in [0.1, 0.15) is 23.3 Å². The Kier molecular flexibility index (Phi) is 4.29. The SMILES string of the molecule is Cl.O=C(c1cc2c(F)cc(F)cc2[nH]1)N1C[C@@H]2CCCN[C@@H]2C1. The van der Waals surface area contributed by atoms with E-state index in [9.17, 15) is 13.6 Å². The second kappa shape index (κ2) is 6.09. The number of nitrogens with zero attached hydrogens (tertiary/aromatic N) is 1. The van der Waals surface area contributed by atoms with Gasteiger partial charge < -0.3 is 15.2 Å². The van der Waals surface area contributed by atoms with Crippen LogP contribution in [0.15, 0.2) is 18.2 Å². The summed E-state index contributed by atoms with van der Waals surface area (Å²) < 4.78 is 27.0. The summed E-state index contributed by atoms with van der Waals surface area (Å²) in [5.41, 5.74) is 0.633. The topological polar surface area (TPSA) is 48.1 Å². The molecule has 0 spiro atoms. The number of amides is 1. The Labute approximate surface area is 138 Å². The van der Waals surface area contributed by atoms with Gasteiger partial charge in [-0.25, -0.2) is 8.78 Å². The van der Waals surface area contributed by atoms with Gasteiger partial charge in [0, 0.05) is 30.6 Å². The molecular weight excluding hydrogens is 324 g/mol. The van der Waals surface area contributed by atoms with Crippen molar-refractivity contribution in [3.63, 3.8) is 0 Å². The van der Waals surface area contributed by atoms with Crippen LogP contribution in [0.3, 0.4) is 0 Å². The van der Waals surface area contributed by atoms with Crippen molar-refractivity contribution in [1.82, 2.24) is 15.2 Å². The zero-order valence-electron chi connectivity index (χ0n) is 12.4. The summed E-state index contributed by atoms with van der Waals surface area (Å²) in [5.74, 6) is -0.951. The van der Waals surface area contributed by atoms with E-state index in [-0.39, 0.29) is 23.7 Å². The minimum atomic E-state index is -0.651. The van der Waals surface area contributed by atoms with E-state index in [4.69, 9.17) is 0 Å². The summed E-state index contributed by atoms with van der Waals surface area (Å²) in [7, 11) is 0. The number of rotatable bonds is 1. The van der Waals surface area contributed by atoms with Crippen LogP contribution in [0.4, 0.5) is 8.78 Å². The summed E-state index contributed by atoms with van der Waals surface area (Å²) in [5, 5.41) is 3.70. The normalized spacial score (nSPS) is 23.7. The first-order chi connectivity index (χ1) is 10.6. The largest absolute Gasteiger partial charge is 0.350 e. The maximum atomic E-state index is 13.7. The third-order valence-electron chi connectivity index (χ3n) is 4.77. The lowest BCUT2D eigenvalue weighted by Crippen LogP contribution is -2.41. The number of carbonyl (C=O) groups is 1. The third-order valence-corrected chi connectivity index (χ3v) is 4.77. The van der Waals surface area contributed by atoms with Crippen LogP contribution in [0, 0.1) is 17.6 Å². The van der Waals surface area contributed by atoms with Gasteiger partial charge in [0.15, 0.2) is 0 Å². The molecule has 3 heterocycles. The highest BCUT2D eigenvalue weighted by Gasteiger charge is 2.37. The highest BCUT2D eigenvalue weighted by molar-refractivity contribution is 5.98. The lowest BCUT2D eigenvalue weighted by Gasteiger charge is -2.24. The minimum absolute atomic E-state index is 0. The predicted molar refractivity (Wildman–Crippen MR) is 85.9 cm³/mol. The Bertz CT molecular complexity index is 734. The van der Waals surface area contributed by atoms with Crippen LogP contribution in [0.2, 0.25) is 0 Å². The quantitative estimate of drug-likeness (QED) is 0.838. The first kappa shape index (κ1) is 16.2. The summed E-state index contributed by atoms with van der Waals surface area (Å²) in [6.07, 6.45) is 2.27. The number of H-pyrrole nitrogens is 1. The Balaban J connectivity index is 0.00000156. The number of likely N-dealkylation sites (tertiary alicyclic amines) is 1. The number of fused-ring (bicyclic) bond motifs is 2. The number of halogens is 3. The Hall–Kier alpha value is -1.66. The van der Waals surface area contributed by atoms with Crippen molar-refractivity contribution in [3.8, 4) is 0 Å². The van der Waals surface area contributed by atoms with Crippen LogP contribution < -0.4 is 5.32 Å². The molecule has 2 N–H and O–H groups in total. The van der Waals surface area contributed by atoms with E-state index in [1.807, 2.05) is 0 Å². The number of carbonyl (C=O) groups excluding carboxylic acids is 1. The van der Waals surface area contributed by atoms with Gasteiger partial charge in [0.25, 0.3) is 5.91 Å². The highest BCUT2D eigenvalue weighted by Crippen LogP contribution is 2.27. The number of aromatic amines is 1. The van der Waals surface area contributed by atoms with Gasteiger partial charge in [-0.2, -0.15) is 0 Å². The lowest BCUT2D eigenvalue weighted by molar-refractivity contribution is 0.0781. The van der Waals surface area contributed by atoms with Crippen LogP contribution >= 0.6 is 12.4 Å². The van der Waals surface area contributed by atoms with Gasteiger partial charge in [-0.3, -0.25) is 4.79 Å². The van der Waals surface area contributed by atoms with E-state index >= 15 is 0 Å². The number of hydrogen-bond donors (Lipinski definition) is 2. The van der Waals surface area contributed by atoms with Gasteiger partial charge in [0.1, 0.15) is 17.3 Å². The van der Waals surface area contributed by atoms with Crippen LogP contribution in [-0.2, 0) is 0 Å². The fourth-order valence-electron chi connectivity index (χ4n) is 3.66. The summed E-state index contributed by atoms with van der Waals surface area (Å²) in [6.45, 7) is 2.40. The molecular formula is C16H18ClF2N3O. The number of piperidine rings is 1. The molecule has 7 heteroatoms. The van der Waals surface area contributed by atoms with E-state index in [1.54, 1.807) is 4.90 Å². The van der Waals surface area contributed by atoms with Crippen LogP contribution in [0.25, 0.3) is 10.9 Å². The number of hydrogen-bond acceptors (Lipinski definition) is 2. The summed E-state index contributed by atoms with van der Waals surface area (Å²) in [4.78, 5) is 17.2. The zero-order valence-corrected chi connectivity index (χ0v) is 13.3. The average molecular weight is 342 g/mol. The molecule has 2 fully saturated rings. The van der Waals surface area contributed by atoms with Gasteiger partial charge in [0.05, 0.1) is 5.52 Å². The first-order valence-corrected chi connectivity index (χ1v) is 7.62. The second-order valence-electron chi connectivity index (χ2n) is 6.20. The van der Waals surface area contributed by atoms with Gasteiger partial charge in [-0.1, -0.05) is 0 Å². The summed E-state index contributed by atoms with van der Waals surface area (Å²) >= 11 is 0. The molecule has 2 aromatic rings. The van der Waals surface area contributed by atoms with Crippen molar-refractivity contribution in [2.24, 2.45) is 5.92 Å². The number of aromatic nitrogens is 1. The fourth-order valence-corrected chi connectivity index (χ4v) is 3.66. The predicted octanol–water partition coefficient (Wildman–Crippen LogP) is 2.69. The monoisotopic (exact) mass is 341 g/mol. The van der Waals surface area contributed by atoms with E-state index in [0.29, 0.717) is 29.7 Å². The van der Waals surface area contributed by atoms with E-state index in [0.717, 1.165) is 32.0 Å². The molecule has 0 aliphatic carbocycles. The molecule has 124 valence electrons. The van der Waals surface area contributed by atoms with Crippen LogP contribution in [-0.4, -0.2) is 41.5 Å². The molecule has 2 aliphatic heterocycles. The average Bonchev–Trinajstić information content (AvgIpc) is 3.09. The maximum Gasteiger partial charge on any atom is 0.270 e. The van der Waals surface area contributed by atoms with Gasteiger partial charge in [-0.15, -0.1) is 12.4 Å². The fraction of sp³-hybridized carbons (Fsp3) is 0.438. The van der Waals surface area contributed by atoms with E-state index in [1.165, 1.54) is 12.1 Å². The molecule has 0 radical (unpaired) electrons. The zero-order chi connectivity index (χ0) is 15.3. The minimum Gasteiger partial charge on any atom is -0.350 e. The first-order valence-electron chi connectivity index (χ1n) is 7.62. The smallest absolute Gasteiger partial charge is 0.270 e. The lowest BCUT2D eigenvalue weighted by atomic mass is 9.94. The van der Waals surface area contributed by atoms with Crippen molar-refractivity contribution >= 4 is 29.2 Å². The standard InChI is InChI=1S/C16H17F2N3O.ClH/c17-10-4-12(18)11-6-14(20-13(11)5-10)16(22)21-7-9-2-1-3-19-15(9)8-21;/h4-6,9,15,19-20H,1-3,7-8H2;1H/t9-,15+;/m0./s1. The highest BCUT2D eigenvalue weighted by atomic mass is 35.5. The molecule has 1 aromatic heterocycles. The molecule has 1 amide bonds. The summed E-state index contributed by atoms with van der Waals surface area (Å²) in [6, 6.07) is 3.87. The molecule has 2 aliphatic rings. The molecule has 23 heavy (non-hydrogen) atoms. The number of benzene rings is 1. The van der Waals surface area contributed by atoms with Gasteiger partial charge in [-0.05, 0) is 37.4 Å². The van der Waals surface area contributed by atoms with Gasteiger partial charge in [0.2, 0.25) is 0 Å². The third kappa shape index (κ3) is 2.81. The molecule has 0 unspecified atom stereocenters. The Morgan fingerprint density at radius 1 is 1.22 bits per heavy atom. The van der Waals surface area contributed by atoms with Crippen LogP contribution in [0.5, 0.6) is 0 Å². The molecule has 0 saturated carbocycles. The van der Waals surface area contributed by atoms with Crippen molar-refractivity contribution in [2.45, 2.75) is 18.9 Å². The van der Waals surface area contributed by atoms with Crippen molar-refractivity contribution < 1.29 is 13.6 Å². The molecule has 4 nitrogen and oxygen atoms in total. The van der Waals surface area contributed by atoms with Gasteiger partial charge >= 0.3 is 0 Å². The molecule has 2 atom stereocenters. The van der Waals surface area contributed by atoms with Crippen molar-refractivity contribution in [3.05, 3.63) is 35.5 Å². The Morgan fingerprint density at radius 3 is 2.83 bits per heavy atom. The van der Waals surface area contributed by atoms with E-state index < -0.39 is 11.6 Å².